The summed E-state index contributed by atoms with van der Waals surface area (Å²) in [6.45, 7) is 10.3. The minimum atomic E-state index is -0.467. The Morgan fingerprint density at radius 3 is 2.50 bits per heavy atom. The van der Waals surface area contributed by atoms with Gasteiger partial charge in [-0.25, -0.2) is 0 Å². The predicted octanol–water partition coefficient (Wildman–Crippen LogP) is 3.38. The molecule has 0 bridgehead atoms. The summed E-state index contributed by atoms with van der Waals surface area (Å²) in [5.41, 5.74) is 1.28. The average Bonchev–Trinajstić information content (AvgIpc) is 2.53. The molecule has 0 radical (unpaired) electrons. The van der Waals surface area contributed by atoms with Crippen molar-refractivity contribution in [3.05, 3.63) is 29.8 Å². The molecule has 136 valence electrons. The molecule has 1 heterocycles. The lowest BCUT2D eigenvalue weighted by Gasteiger charge is -2.33. The molecule has 1 N–H and O–H groups in total. The smallest absolute Gasteiger partial charge is 0.263 e. The number of nitrogens with zero attached hydrogens (tertiary/aromatic N) is 1. The monoisotopic (exact) mass is 354 g/mol. The van der Waals surface area contributed by atoms with Crippen molar-refractivity contribution in [2.75, 3.05) is 20.1 Å². The number of hydrogen-bond acceptors (Lipinski definition) is 3. The van der Waals surface area contributed by atoms with Crippen LogP contribution in [-0.2, 0) is 10.2 Å². The number of piperidine rings is 1. The molecule has 0 aliphatic carbocycles. The first-order valence-electron chi connectivity index (χ1n) is 8.53. The second kappa shape index (κ2) is 8.72. The third-order valence-electron chi connectivity index (χ3n) is 4.56. The van der Waals surface area contributed by atoms with E-state index in [1.165, 1.54) is 5.56 Å². The minimum Gasteiger partial charge on any atom is -0.481 e. The van der Waals surface area contributed by atoms with Crippen LogP contribution in [0.25, 0.3) is 0 Å². The van der Waals surface area contributed by atoms with Gasteiger partial charge in [-0.15, -0.1) is 12.4 Å². The van der Waals surface area contributed by atoms with E-state index in [0.29, 0.717) is 6.04 Å². The van der Waals surface area contributed by atoms with Crippen molar-refractivity contribution in [1.82, 2.24) is 10.2 Å². The van der Waals surface area contributed by atoms with Crippen LogP contribution in [0.1, 0.15) is 46.1 Å². The van der Waals surface area contributed by atoms with Gasteiger partial charge in [-0.05, 0) is 56.0 Å². The fourth-order valence-corrected chi connectivity index (χ4v) is 2.95. The van der Waals surface area contributed by atoms with Crippen LogP contribution < -0.4 is 10.1 Å². The molecule has 1 fully saturated rings. The fraction of sp³-hybridized carbons (Fsp3) is 0.632. The lowest BCUT2D eigenvalue weighted by molar-refractivity contribution is -0.139. The lowest BCUT2D eigenvalue weighted by atomic mass is 9.87. The quantitative estimate of drug-likeness (QED) is 0.901. The summed E-state index contributed by atoms with van der Waals surface area (Å²) in [5, 5.41) is 3.33. The molecule has 1 aromatic rings. The highest BCUT2D eigenvalue weighted by atomic mass is 35.5. The van der Waals surface area contributed by atoms with Crippen LogP contribution in [-0.4, -0.2) is 43.1 Å². The summed E-state index contributed by atoms with van der Waals surface area (Å²) in [4.78, 5) is 14.5. The maximum absolute atomic E-state index is 12.6. The number of nitrogens with one attached hydrogen (secondary N) is 1. The molecule has 1 saturated heterocycles. The number of rotatable bonds is 4. The van der Waals surface area contributed by atoms with E-state index in [1.54, 1.807) is 0 Å². The van der Waals surface area contributed by atoms with Gasteiger partial charge in [0, 0.05) is 13.1 Å². The Hall–Kier alpha value is -1.26. The molecule has 4 nitrogen and oxygen atoms in total. The summed E-state index contributed by atoms with van der Waals surface area (Å²) in [6.07, 6.45) is 1.55. The van der Waals surface area contributed by atoms with E-state index >= 15 is 0 Å². The van der Waals surface area contributed by atoms with Crippen molar-refractivity contribution in [2.45, 2.75) is 58.1 Å². The van der Waals surface area contributed by atoms with Gasteiger partial charge in [0.2, 0.25) is 0 Å². The Labute approximate surface area is 152 Å². The molecule has 1 amide bonds. The standard InChI is InChI=1S/C19H30N2O2.ClH/c1-14(18(22)21(5)16-9-11-20-12-10-16)23-17-8-6-7-15(13-17)19(2,3)4;/h6-8,13-14,16,20H,9-12H2,1-5H3;1H. The third-order valence-corrected chi connectivity index (χ3v) is 4.56. The molecule has 0 saturated carbocycles. The van der Waals surface area contributed by atoms with Crippen LogP contribution >= 0.6 is 12.4 Å². The fourth-order valence-electron chi connectivity index (χ4n) is 2.95. The average molecular weight is 355 g/mol. The number of benzene rings is 1. The van der Waals surface area contributed by atoms with Crippen molar-refractivity contribution in [1.29, 1.82) is 0 Å². The normalized spacial score (nSPS) is 16.9. The van der Waals surface area contributed by atoms with E-state index in [9.17, 15) is 4.79 Å². The molecule has 1 aliphatic heterocycles. The first-order chi connectivity index (χ1) is 10.8. The van der Waals surface area contributed by atoms with Crippen molar-refractivity contribution < 1.29 is 9.53 Å². The molecule has 24 heavy (non-hydrogen) atoms. The summed E-state index contributed by atoms with van der Waals surface area (Å²) in [6, 6.07) is 8.36. The highest BCUT2D eigenvalue weighted by Crippen LogP contribution is 2.26. The predicted molar refractivity (Wildman–Crippen MR) is 101 cm³/mol. The topological polar surface area (TPSA) is 41.6 Å². The second-order valence-electron chi connectivity index (χ2n) is 7.47. The number of amides is 1. The van der Waals surface area contributed by atoms with Gasteiger partial charge in [-0.2, -0.15) is 0 Å². The van der Waals surface area contributed by atoms with E-state index in [2.05, 4.69) is 32.2 Å². The molecule has 5 heteroatoms. The van der Waals surface area contributed by atoms with Gasteiger partial charge < -0.3 is 15.0 Å². The van der Waals surface area contributed by atoms with Crippen molar-refractivity contribution >= 4 is 18.3 Å². The molecule has 1 atom stereocenters. The molecule has 0 aromatic heterocycles. The Balaban J connectivity index is 0.00000288. The lowest BCUT2D eigenvalue weighted by Crippen LogP contribution is -2.48. The Morgan fingerprint density at radius 1 is 1.29 bits per heavy atom. The third kappa shape index (κ3) is 5.38. The van der Waals surface area contributed by atoms with Gasteiger partial charge in [0.05, 0.1) is 0 Å². The van der Waals surface area contributed by atoms with Crippen LogP contribution in [0.5, 0.6) is 5.75 Å². The van der Waals surface area contributed by atoms with E-state index in [1.807, 2.05) is 37.1 Å². The minimum absolute atomic E-state index is 0. The second-order valence-corrected chi connectivity index (χ2v) is 7.47. The van der Waals surface area contributed by atoms with Crippen LogP contribution in [0.15, 0.2) is 24.3 Å². The molecule has 0 spiro atoms. The van der Waals surface area contributed by atoms with E-state index < -0.39 is 6.10 Å². The zero-order chi connectivity index (χ0) is 17.0. The first kappa shape index (κ1) is 20.8. The summed E-state index contributed by atoms with van der Waals surface area (Å²) in [5.74, 6) is 0.815. The number of halogens is 1. The molecule has 1 unspecified atom stereocenters. The zero-order valence-corrected chi connectivity index (χ0v) is 16.3. The number of ether oxygens (including phenoxy) is 1. The molecule has 1 aromatic carbocycles. The maximum Gasteiger partial charge on any atom is 0.263 e. The van der Waals surface area contributed by atoms with Crippen molar-refractivity contribution in [3.8, 4) is 5.75 Å². The van der Waals surface area contributed by atoms with E-state index in [-0.39, 0.29) is 23.7 Å². The number of hydrogen-bond donors (Lipinski definition) is 1. The van der Waals surface area contributed by atoms with Gasteiger partial charge >= 0.3 is 0 Å². The van der Waals surface area contributed by atoms with E-state index in [4.69, 9.17) is 4.74 Å². The van der Waals surface area contributed by atoms with Crippen LogP contribution in [0.4, 0.5) is 0 Å². The highest BCUT2D eigenvalue weighted by Gasteiger charge is 2.26. The Morgan fingerprint density at radius 2 is 1.92 bits per heavy atom. The van der Waals surface area contributed by atoms with Gasteiger partial charge in [-0.3, -0.25) is 4.79 Å². The van der Waals surface area contributed by atoms with E-state index in [0.717, 1.165) is 31.7 Å². The van der Waals surface area contributed by atoms with Crippen LogP contribution in [0.3, 0.4) is 0 Å². The van der Waals surface area contributed by atoms with Gasteiger partial charge in [0.1, 0.15) is 5.75 Å². The van der Waals surface area contributed by atoms with Crippen molar-refractivity contribution in [2.24, 2.45) is 0 Å². The number of carbonyl (C=O) groups excluding carboxylic acids is 1. The highest BCUT2D eigenvalue weighted by molar-refractivity contribution is 5.85. The van der Waals surface area contributed by atoms with Crippen molar-refractivity contribution in [3.63, 3.8) is 0 Å². The van der Waals surface area contributed by atoms with Crippen LogP contribution in [0.2, 0.25) is 0 Å². The number of carbonyl (C=O) groups is 1. The molecular weight excluding hydrogens is 324 g/mol. The molecular formula is C19H31ClN2O2. The largest absolute Gasteiger partial charge is 0.481 e. The number of likely N-dealkylation sites (N-methyl/N-ethyl adjacent to an activating group) is 1. The Bertz CT molecular complexity index is 536. The van der Waals surface area contributed by atoms with Gasteiger partial charge in [0.25, 0.3) is 5.91 Å². The first-order valence-corrected chi connectivity index (χ1v) is 8.53. The summed E-state index contributed by atoms with van der Waals surface area (Å²) in [7, 11) is 1.89. The SMILES string of the molecule is CC(Oc1cccc(C(C)(C)C)c1)C(=O)N(C)C1CCNCC1.Cl. The summed E-state index contributed by atoms with van der Waals surface area (Å²) < 4.78 is 5.92. The zero-order valence-electron chi connectivity index (χ0n) is 15.5. The molecule has 1 aliphatic rings. The van der Waals surface area contributed by atoms with Gasteiger partial charge in [0.15, 0.2) is 6.10 Å². The summed E-state index contributed by atoms with van der Waals surface area (Å²) >= 11 is 0. The van der Waals surface area contributed by atoms with Crippen LogP contribution in [0, 0.1) is 0 Å². The molecule has 2 rings (SSSR count). The Kier molecular flexibility index (Phi) is 7.56. The van der Waals surface area contributed by atoms with Gasteiger partial charge in [-0.1, -0.05) is 32.9 Å². The maximum atomic E-state index is 12.6.